The van der Waals surface area contributed by atoms with Crippen molar-refractivity contribution in [1.29, 1.82) is 0 Å². The first-order valence-electron chi connectivity index (χ1n) is 3.34. The summed E-state index contributed by atoms with van der Waals surface area (Å²) in [6.45, 7) is 2.05. The monoisotopic (exact) mass is 140 g/mol. The van der Waals surface area contributed by atoms with Crippen molar-refractivity contribution in [2.24, 2.45) is 5.84 Å². The number of H-pyrrole nitrogens is 1. The van der Waals surface area contributed by atoms with Gasteiger partial charge in [-0.2, -0.15) is 0 Å². The molecular weight excluding hydrogens is 128 g/mol. The molecule has 0 fully saturated rings. The van der Waals surface area contributed by atoms with Crippen LogP contribution < -0.4 is 11.3 Å². The maximum Gasteiger partial charge on any atom is 0.124 e. The molecule has 4 N–H and O–H groups in total. The first-order valence-corrected chi connectivity index (χ1v) is 3.34. The maximum absolute atomic E-state index is 5.26. The predicted molar refractivity (Wildman–Crippen MR) is 38.9 cm³/mol. The van der Waals surface area contributed by atoms with E-state index in [0.717, 1.165) is 12.2 Å². The molecule has 0 radical (unpaired) electrons. The third kappa shape index (κ3) is 1.34. The van der Waals surface area contributed by atoms with Crippen LogP contribution in [0.25, 0.3) is 0 Å². The lowest BCUT2D eigenvalue weighted by atomic mass is 10.2. The highest BCUT2D eigenvalue weighted by Gasteiger charge is 2.07. The van der Waals surface area contributed by atoms with Crippen LogP contribution in [0, 0.1) is 0 Å². The zero-order valence-electron chi connectivity index (χ0n) is 5.96. The first-order chi connectivity index (χ1) is 4.88. The number of rotatable bonds is 3. The van der Waals surface area contributed by atoms with E-state index in [9.17, 15) is 0 Å². The second-order valence-electron chi connectivity index (χ2n) is 2.10. The minimum atomic E-state index is 0.148. The lowest BCUT2D eigenvalue weighted by molar-refractivity contribution is 0.515. The van der Waals surface area contributed by atoms with Crippen LogP contribution in [0.2, 0.25) is 0 Å². The van der Waals surface area contributed by atoms with Gasteiger partial charge < -0.3 is 4.98 Å². The number of aromatic amines is 1. The smallest absolute Gasteiger partial charge is 0.124 e. The van der Waals surface area contributed by atoms with Gasteiger partial charge in [-0.1, -0.05) is 6.92 Å². The number of nitrogens with one attached hydrogen (secondary N) is 2. The summed E-state index contributed by atoms with van der Waals surface area (Å²) in [5.41, 5.74) is 2.66. The van der Waals surface area contributed by atoms with E-state index in [1.54, 1.807) is 12.4 Å². The number of hydrogen-bond donors (Lipinski definition) is 3. The highest BCUT2D eigenvalue weighted by Crippen LogP contribution is 2.08. The Kier molecular flexibility index (Phi) is 2.42. The average Bonchev–Trinajstić information content (AvgIpc) is 2.43. The zero-order chi connectivity index (χ0) is 7.40. The van der Waals surface area contributed by atoms with E-state index < -0.39 is 0 Å². The Labute approximate surface area is 59.8 Å². The van der Waals surface area contributed by atoms with E-state index >= 15 is 0 Å². The van der Waals surface area contributed by atoms with Crippen molar-refractivity contribution in [2.75, 3.05) is 0 Å². The van der Waals surface area contributed by atoms with Gasteiger partial charge in [0, 0.05) is 12.4 Å². The molecule has 0 saturated heterocycles. The molecular formula is C6H12N4. The second-order valence-corrected chi connectivity index (χ2v) is 2.10. The molecule has 4 nitrogen and oxygen atoms in total. The largest absolute Gasteiger partial charge is 0.347 e. The summed E-state index contributed by atoms with van der Waals surface area (Å²) in [6.07, 6.45) is 4.44. The van der Waals surface area contributed by atoms with Crippen LogP contribution in [0.1, 0.15) is 25.2 Å². The number of nitrogens with zero attached hydrogens (tertiary/aromatic N) is 1. The van der Waals surface area contributed by atoms with E-state index in [1.165, 1.54) is 0 Å². The normalized spacial score (nSPS) is 13.4. The van der Waals surface area contributed by atoms with Gasteiger partial charge >= 0.3 is 0 Å². The fraction of sp³-hybridized carbons (Fsp3) is 0.500. The van der Waals surface area contributed by atoms with Crippen LogP contribution in [0.5, 0.6) is 0 Å². The molecule has 0 bridgehead atoms. The van der Waals surface area contributed by atoms with Gasteiger partial charge in [-0.3, -0.25) is 5.84 Å². The molecule has 1 heterocycles. The number of hydrazine groups is 1. The summed E-state index contributed by atoms with van der Waals surface area (Å²) in [4.78, 5) is 7.05. The number of nitrogens with two attached hydrogens (primary N) is 1. The molecule has 1 aromatic heterocycles. The molecule has 1 atom stereocenters. The third-order valence-corrected chi connectivity index (χ3v) is 1.46. The van der Waals surface area contributed by atoms with Crippen molar-refractivity contribution in [3.8, 4) is 0 Å². The lowest BCUT2D eigenvalue weighted by Crippen LogP contribution is -2.28. The van der Waals surface area contributed by atoms with E-state index in [0.29, 0.717) is 0 Å². The van der Waals surface area contributed by atoms with Crippen molar-refractivity contribution < 1.29 is 0 Å². The standard InChI is InChI=1S/C6H12N4/c1-2-5(10-7)6-8-3-4-9-6/h3-5,10H,2,7H2,1H3,(H,8,9). The summed E-state index contributed by atoms with van der Waals surface area (Å²) in [5.74, 6) is 6.16. The topological polar surface area (TPSA) is 66.7 Å². The maximum atomic E-state index is 5.26. The Morgan fingerprint density at radius 1 is 1.90 bits per heavy atom. The SMILES string of the molecule is CCC(NN)c1ncc[nH]1. The molecule has 1 aromatic rings. The van der Waals surface area contributed by atoms with Crippen LogP contribution >= 0.6 is 0 Å². The first kappa shape index (κ1) is 7.24. The molecule has 0 aliphatic carbocycles. The molecule has 0 aliphatic heterocycles. The fourth-order valence-corrected chi connectivity index (χ4v) is 0.858. The van der Waals surface area contributed by atoms with Crippen molar-refractivity contribution in [2.45, 2.75) is 19.4 Å². The molecule has 0 saturated carbocycles. The quantitative estimate of drug-likeness (QED) is 0.418. The molecule has 0 amide bonds. The Hall–Kier alpha value is -0.870. The minimum Gasteiger partial charge on any atom is -0.347 e. The minimum absolute atomic E-state index is 0.148. The van der Waals surface area contributed by atoms with E-state index in [-0.39, 0.29) is 6.04 Å². The highest BCUT2D eigenvalue weighted by molar-refractivity contribution is 4.93. The van der Waals surface area contributed by atoms with Crippen LogP contribution in [0.3, 0.4) is 0 Å². The van der Waals surface area contributed by atoms with Crippen LogP contribution in [0.4, 0.5) is 0 Å². The van der Waals surface area contributed by atoms with Crippen LogP contribution in [0.15, 0.2) is 12.4 Å². The number of hydrogen-bond acceptors (Lipinski definition) is 3. The Morgan fingerprint density at radius 2 is 2.70 bits per heavy atom. The predicted octanol–water partition coefficient (Wildman–Crippen LogP) is 0.324. The molecule has 1 unspecified atom stereocenters. The van der Waals surface area contributed by atoms with Gasteiger partial charge in [-0.15, -0.1) is 0 Å². The van der Waals surface area contributed by atoms with E-state index in [4.69, 9.17) is 5.84 Å². The van der Waals surface area contributed by atoms with E-state index in [1.807, 2.05) is 6.92 Å². The van der Waals surface area contributed by atoms with Gasteiger partial charge in [0.2, 0.25) is 0 Å². The van der Waals surface area contributed by atoms with Crippen molar-refractivity contribution >= 4 is 0 Å². The number of imidazole rings is 1. The lowest BCUT2D eigenvalue weighted by Gasteiger charge is -2.08. The van der Waals surface area contributed by atoms with Gasteiger partial charge in [0.25, 0.3) is 0 Å². The summed E-state index contributed by atoms with van der Waals surface area (Å²) in [6, 6.07) is 0.148. The highest BCUT2D eigenvalue weighted by atomic mass is 15.2. The zero-order valence-corrected chi connectivity index (χ0v) is 5.96. The van der Waals surface area contributed by atoms with Crippen molar-refractivity contribution in [3.63, 3.8) is 0 Å². The Bertz CT molecular complexity index is 166. The van der Waals surface area contributed by atoms with Crippen molar-refractivity contribution in [1.82, 2.24) is 15.4 Å². The second kappa shape index (κ2) is 3.34. The van der Waals surface area contributed by atoms with Crippen molar-refractivity contribution in [3.05, 3.63) is 18.2 Å². The molecule has 1 rings (SSSR count). The summed E-state index contributed by atoms with van der Waals surface area (Å²) >= 11 is 0. The molecule has 56 valence electrons. The van der Waals surface area contributed by atoms with Gasteiger partial charge in [0.1, 0.15) is 5.82 Å². The van der Waals surface area contributed by atoms with Crippen LogP contribution in [-0.2, 0) is 0 Å². The summed E-state index contributed by atoms with van der Waals surface area (Å²) in [7, 11) is 0. The third-order valence-electron chi connectivity index (χ3n) is 1.46. The molecule has 0 aromatic carbocycles. The molecule has 0 aliphatic rings. The fourth-order valence-electron chi connectivity index (χ4n) is 0.858. The van der Waals surface area contributed by atoms with Gasteiger partial charge in [-0.05, 0) is 6.42 Å². The summed E-state index contributed by atoms with van der Waals surface area (Å²) < 4.78 is 0. The molecule has 4 heteroatoms. The van der Waals surface area contributed by atoms with E-state index in [2.05, 4.69) is 15.4 Å². The van der Waals surface area contributed by atoms with Gasteiger partial charge in [0.15, 0.2) is 0 Å². The Morgan fingerprint density at radius 3 is 3.10 bits per heavy atom. The average molecular weight is 140 g/mol. The van der Waals surface area contributed by atoms with Crippen LogP contribution in [-0.4, -0.2) is 9.97 Å². The van der Waals surface area contributed by atoms with Gasteiger partial charge in [-0.25, -0.2) is 10.4 Å². The van der Waals surface area contributed by atoms with Gasteiger partial charge in [0.05, 0.1) is 6.04 Å². The Balaban J connectivity index is 2.64. The summed E-state index contributed by atoms with van der Waals surface area (Å²) in [5, 5.41) is 0. The number of aromatic nitrogens is 2. The molecule has 10 heavy (non-hydrogen) atoms. The molecule has 0 spiro atoms.